The Kier molecular flexibility index (Phi) is 2.06. The van der Waals surface area contributed by atoms with E-state index in [1.54, 1.807) is 4.90 Å². The zero-order valence-corrected chi connectivity index (χ0v) is 8.68. The molecule has 2 heterocycles. The monoisotopic (exact) mass is 217 g/mol. The van der Waals surface area contributed by atoms with E-state index < -0.39 is 0 Å². The minimum atomic E-state index is -0.281. The van der Waals surface area contributed by atoms with Crippen molar-refractivity contribution in [1.29, 1.82) is 0 Å². The molecule has 82 valence electrons. The molecule has 16 heavy (non-hydrogen) atoms. The number of ether oxygens (including phenoxy) is 2. The molecule has 1 amide bonds. The van der Waals surface area contributed by atoms with E-state index in [1.807, 2.05) is 30.5 Å². The van der Waals surface area contributed by atoms with Crippen LogP contribution in [-0.2, 0) is 4.74 Å². The highest BCUT2D eigenvalue weighted by atomic mass is 16.6. The normalized spacial score (nSPS) is 20.9. The van der Waals surface area contributed by atoms with Gasteiger partial charge in [-0.2, -0.15) is 0 Å². The van der Waals surface area contributed by atoms with Crippen LogP contribution in [0.1, 0.15) is 5.56 Å². The average Bonchev–Trinajstić information content (AvgIpc) is 2.88. The molecule has 0 N–H and O–H groups in total. The van der Waals surface area contributed by atoms with Crippen LogP contribution in [0.15, 0.2) is 30.5 Å². The summed E-state index contributed by atoms with van der Waals surface area (Å²) < 4.78 is 10.4. The van der Waals surface area contributed by atoms with Crippen molar-refractivity contribution in [3.8, 4) is 5.75 Å². The Balaban J connectivity index is 1.92. The minimum Gasteiger partial charge on any atom is -0.488 e. The fourth-order valence-electron chi connectivity index (χ4n) is 1.91. The van der Waals surface area contributed by atoms with Crippen molar-refractivity contribution in [3.05, 3.63) is 36.0 Å². The molecule has 0 saturated carbocycles. The van der Waals surface area contributed by atoms with Gasteiger partial charge in [-0.15, -0.1) is 0 Å². The van der Waals surface area contributed by atoms with Gasteiger partial charge in [0, 0.05) is 17.3 Å². The molecule has 0 spiro atoms. The van der Waals surface area contributed by atoms with Crippen LogP contribution < -0.4 is 4.74 Å². The Hall–Kier alpha value is -1.97. The highest BCUT2D eigenvalue weighted by Crippen LogP contribution is 2.32. The Morgan fingerprint density at radius 3 is 2.94 bits per heavy atom. The van der Waals surface area contributed by atoms with Crippen LogP contribution in [0.2, 0.25) is 0 Å². The average molecular weight is 217 g/mol. The largest absolute Gasteiger partial charge is 0.488 e. The standard InChI is InChI=1S/C12H11NO3/c14-12-13(5-6-15-12)7-9-8-16-11-4-2-1-3-10(9)11/h1-4,7H,5-6,8H2/b9-7+. The van der Waals surface area contributed by atoms with Crippen molar-refractivity contribution in [1.82, 2.24) is 4.90 Å². The number of nitrogens with zero attached hydrogens (tertiary/aromatic N) is 1. The molecule has 0 aliphatic carbocycles. The van der Waals surface area contributed by atoms with Gasteiger partial charge in [0.15, 0.2) is 0 Å². The van der Waals surface area contributed by atoms with Crippen molar-refractivity contribution >= 4 is 11.7 Å². The Morgan fingerprint density at radius 1 is 1.25 bits per heavy atom. The number of carbonyl (C=O) groups is 1. The summed E-state index contributed by atoms with van der Waals surface area (Å²) in [6, 6.07) is 7.82. The van der Waals surface area contributed by atoms with Crippen LogP contribution in [0.5, 0.6) is 5.75 Å². The van der Waals surface area contributed by atoms with E-state index in [4.69, 9.17) is 9.47 Å². The maximum Gasteiger partial charge on any atom is 0.413 e. The predicted molar refractivity (Wildman–Crippen MR) is 58.0 cm³/mol. The highest BCUT2D eigenvalue weighted by molar-refractivity contribution is 5.78. The molecule has 2 aliphatic rings. The summed E-state index contributed by atoms with van der Waals surface area (Å²) in [5.41, 5.74) is 2.08. The topological polar surface area (TPSA) is 38.8 Å². The van der Waals surface area contributed by atoms with E-state index in [0.717, 1.165) is 16.9 Å². The number of hydrogen-bond donors (Lipinski definition) is 0. The van der Waals surface area contributed by atoms with Crippen LogP contribution in [0, 0.1) is 0 Å². The molecular formula is C12H11NO3. The number of carbonyl (C=O) groups excluding carboxylic acids is 1. The zero-order valence-electron chi connectivity index (χ0n) is 8.68. The van der Waals surface area contributed by atoms with Crippen molar-refractivity contribution in [2.45, 2.75) is 0 Å². The van der Waals surface area contributed by atoms with Gasteiger partial charge in [0.1, 0.15) is 19.0 Å². The van der Waals surface area contributed by atoms with Gasteiger partial charge in [-0.05, 0) is 6.07 Å². The number of para-hydroxylation sites is 1. The van der Waals surface area contributed by atoms with Crippen LogP contribution in [0.25, 0.3) is 5.57 Å². The Morgan fingerprint density at radius 2 is 2.12 bits per heavy atom. The number of hydrogen-bond acceptors (Lipinski definition) is 3. The molecule has 1 aromatic rings. The second kappa shape index (κ2) is 3.56. The van der Waals surface area contributed by atoms with Gasteiger partial charge < -0.3 is 9.47 Å². The first-order chi connectivity index (χ1) is 7.84. The number of fused-ring (bicyclic) bond motifs is 1. The summed E-state index contributed by atoms with van der Waals surface area (Å²) in [7, 11) is 0. The van der Waals surface area contributed by atoms with E-state index in [2.05, 4.69) is 0 Å². The molecule has 0 aromatic heterocycles. The number of cyclic esters (lactones) is 1. The van der Waals surface area contributed by atoms with E-state index in [-0.39, 0.29) is 6.09 Å². The quantitative estimate of drug-likeness (QED) is 0.720. The maximum atomic E-state index is 11.3. The van der Waals surface area contributed by atoms with E-state index in [9.17, 15) is 4.79 Å². The summed E-state index contributed by atoms with van der Waals surface area (Å²) in [5.74, 6) is 0.876. The van der Waals surface area contributed by atoms with Crippen LogP contribution in [0.3, 0.4) is 0 Å². The second-order valence-corrected chi connectivity index (χ2v) is 3.75. The van der Waals surface area contributed by atoms with Gasteiger partial charge in [0.05, 0.1) is 6.54 Å². The van der Waals surface area contributed by atoms with Crippen molar-refractivity contribution < 1.29 is 14.3 Å². The molecule has 0 unspecified atom stereocenters. The summed E-state index contributed by atoms with van der Waals surface area (Å²) in [6.07, 6.45) is 1.54. The first-order valence-corrected chi connectivity index (χ1v) is 5.21. The minimum absolute atomic E-state index is 0.281. The molecule has 1 fully saturated rings. The van der Waals surface area contributed by atoms with Gasteiger partial charge >= 0.3 is 6.09 Å². The van der Waals surface area contributed by atoms with Gasteiger partial charge in [-0.3, -0.25) is 4.90 Å². The summed E-state index contributed by atoms with van der Waals surface area (Å²) in [6.45, 7) is 1.60. The lowest BCUT2D eigenvalue weighted by molar-refractivity contribution is 0.166. The van der Waals surface area contributed by atoms with Crippen molar-refractivity contribution in [2.24, 2.45) is 0 Å². The summed E-state index contributed by atoms with van der Waals surface area (Å²) >= 11 is 0. The molecule has 4 nitrogen and oxygen atoms in total. The SMILES string of the molecule is O=C1OCCN1/C=C1\COc2ccccc21. The molecule has 0 bridgehead atoms. The van der Waals surface area contributed by atoms with E-state index in [0.29, 0.717) is 19.8 Å². The lowest BCUT2D eigenvalue weighted by atomic mass is 10.1. The summed E-state index contributed by atoms with van der Waals surface area (Å²) in [4.78, 5) is 12.9. The van der Waals surface area contributed by atoms with Gasteiger partial charge in [-0.1, -0.05) is 18.2 Å². The van der Waals surface area contributed by atoms with Crippen molar-refractivity contribution in [3.63, 3.8) is 0 Å². The maximum absolute atomic E-state index is 11.3. The predicted octanol–water partition coefficient (Wildman–Crippen LogP) is 1.87. The third-order valence-electron chi connectivity index (χ3n) is 2.72. The van der Waals surface area contributed by atoms with Crippen LogP contribution in [0.4, 0.5) is 4.79 Å². The molecule has 1 aromatic carbocycles. The molecule has 0 atom stereocenters. The number of benzene rings is 1. The van der Waals surface area contributed by atoms with Gasteiger partial charge in [0.2, 0.25) is 0 Å². The first-order valence-electron chi connectivity index (χ1n) is 5.21. The molecule has 3 rings (SSSR count). The van der Waals surface area contributed by atoms with Gasteiger partial charge in [0.25, 0.3) is 0 Å². The summed E-state index contributed by atoms with van der Waals surface area (Å²) in [5, 5.41) is 0. The molecular weight excluding hydrogens is 206 g/mol. The highest BCUT2D eigenvalue weighted by Gasteiger charge is 2.23. The Labute approximate surface area is 93.1 Å². The fraction of sp³-hybridized carbons (Fsp3) is 0.250. The van der Waals surface area contributed by atoms with Crippen molar-refractivity contribution in [2.75, 3.05) is 19.8 Å². The molecule has 4 heteroatoms. The Bertz CT molecular complexity index is 467. The molecule has 2 aliphatic heterocycles. The fourth-order valence-corrected chi connectivity index (χ4v) is 1.91. The smallest absolute Gasteiger partial charge is 0.413 e. The number of rotatable bonds is 1. The van der Waals surface area contributed by atoms with Crippen LogP contribution >= 0.6 is 0 Å². The third kappa shape index (κ3) is 1.43. The third-order valence-corrected chi connectivity index (χ3v) is 2.72. The lowest BCUT2D eigenvalue weighted by Crippen LogP contribution is -2.17. The molecule has 1 saturated heterocycles. The second-order valence-electron chi connectivity index (χ2n) is 3.75. The van der Waals surface area contributed by atoms with E-state index >= 15 is 0 Å². The first kappa shape index (κ1) is 9.27. The zero-order chi connectivity index (χ0) is 11.0. The molecule has 0 radical (unpaired) electrons. The van der Waals surface area contributed by atoms with Gasteiger partial charge in [-0.25, -0.2) is 4.79 Å². The lowest BCUT2D eigenvalue weighted by Gasteiger charge is -2.07. The van der Waals surface area contributed by atoms with Crippen LogP contribution in [-0.4, -0.2) is 30.8 Å². The number of amides is 1. The van der Waals surface area contributed by atoms with E-state index in [1.165, 1.54) is 0 Å².